The fourth-order valence-electron chi connectivity index (χ4n) is 1.94. The molecule has 0 aliphatic carbocycles. The zero-order valence-corrected chi connectivity index (χ0v) is 10.8. The first-order valence-electron chi connectivity index (χ1n) is 5.73. The van der Waals surface area contributed by atoms with E-state index >= 15 is 0 Å². The molecular weight excluding hydrogens is 248 g/mol. The molecule has 0 bridgehead atoms. The van der Waals surface area contributed by atoms with Crippen LogP contribution in [0, 0.1) is 13.8 Å². The van der Waals surface area contributed by atoms with Crippen LogP contribution in [0.4, 0.5) is 5.82 Å². The highest BCUT2D eigenvalue weighted by Crippen LogP contribution is 2.23. The number of carboxylic acid groups (broad SMARTS) is 1. The van der Waals surface area contributed by atoms with Gasteiger partial charge in [0.1, 0.15) is 11.6 Å². The lowest BCUT2D eigenvalue weighted by Crippen LogP contribution is -2.11. The first-order chi connectivity index (χ1) is 8.99. The van der Waals surface area contributed by atoms with Crippen LogP contribution in [0.3, 0.4) is 0 Å². The van der Waals surface area contributed by atoms with Gasteiger partial charge in [0, 0.05) is 5.56 Å². The highest BCUT2D eigenvalue weighted by atomic mass is 16.5. The van der Waals surface area contributed by atoms with Gasteiger partial charge in [-0.25, -0.2) is 9.78 Å². The molecule has 0 aliphatic rings. The molecule has 2 rings (SSSR count). The van der Waals surface area contributed by atoms with E-state index in [1.54, 1.807) is 0 Å². The predicted octanol–water partition coefficient (Wildman–Crippen LogP) is 1.95. The molecule has 19 heavy (non-hydrogen) atoms. The second-order valence-corrected chi connectivity index (χ2v) is 4.20. The number of carboxylic acids is 1. The molecule has 0 fully saturated rings. The number of hydrogen-bond donors (Lipinski definition) is 2. The Bertz CT molecular complexity index is 589. The van der Waals surface area contributed by atoms with Crippen molar-refractivity contribution in [2.45, 2.75) is 26.8 Å². The molecule has 0 aromatic carbocycles. The van der Waals surface area contributed by atoms with Crippen molar-refractivity contribution >= 4 is 11.8 Å². The van der Waals surface area contributed by atoms with Crippen LogP contribution in [0.2, 0.25) is 0 Å². The van der Waals surface area contributed by atoms with Gasteiger partial charge in [0.25, 0.3) is 0 Å². The maximum absolute atomic E-state index is 10.8. The lowest BCUT2D eigenvalue weighted by atomic mass is 10.1. The van der Waals surface area contributed by atoms with Gasteiger partial charge >= 0.3 is 5.97 Å². The van der Waals surface area contributed by atoms with Crippen LogP contribution in [0.1, 0.15) is 40.5 Å². The normalized spacial score (nSPS) is 12.2. The van der Waals surface area contributed by atoms with Gasteiger partial charge in [-0.2, -0.15) is 0 Å². The third kappa shape index (κ3) is 2.70. The van der Waals surface area contributed by atoms with Gasteiger partial charge in [-0.05, 0) is 20.8 Å². The minimum atomic E-state index is -1.11. The van der Waals surface area contributed by atoms with Crippen LogP contribution in [0.5, 0.6) is 0 Å². The minimum Gasteiger partial charge on any atom is -0.476 e. The van der Waals surface area contributed by atoms with E-state index in [-0.39, 0.29) is 11.7 Å². The lowest BCUT2D eigenvalue weighted by Gasteiger charge is -2.14. The molecule has 2 aromatic heterocycles. The zero-order valence-electron chi connectivity index (χ0n) is 10.8. The molecule has 1 unspecified atom stereocenters. The van der Waals surface area contributed by atoms with Gasteiger partial charge in [0.15, 0.2) is 5.69 Å². The molecule has 100 valence electrons. The number of carbonyl (C=O) groups is 1. The summed E-state index contributed by atoms with van der Waals surface area (Å²) in [7, 11) is 0. The van der Waals surface area contributed by atoms with Crippen molar-refractivity contribution in [1.82, 2.24) is 15.1 Å². The summed E-state index contributed by atoms with van der Waals surface area (Å²) in [6.07, 6.45) is 2.68. The fourth-order valence-corrected chi connectivity index (χ4v) is 1.94. The number of nitrogens with one attached hydrogen (secondary N) is 1. The third-order valence-corrected chi connectivity index (χ3v) is 2.74. The molecule has 0 aliphatic heterocycles. The van der Waals surface area contributed by atoms with Crippen molar-refractivity contribution in [1.29, 1.82) is 0 Å². The van der Waals surface area contributed by atoms with Crippen LogP contribution in [0.25, 0.3) is 0 Å². The van der Waals surface area contributed by atoms with E-state index < -0.39 is 5.97 Å². The number of aromatic carboxylic acids is 1. The van der Waals surface area contributed by atoms with Crippen LogP contribution in [-0.2, 0) is 0 Å². The first kappa shape index (κ1) is 13.0. The predicted molar refractivity (Wildman–Crippen MR) is 67.0 cm³/mol. The average molecular weight is 262 g/mol. The topological polar surface area (TPSA) is 101 Å². The summed E-state index contributed by atoms with van der Waals surface area (Å²) in [6, 6.07) is -0.107. The number of aromatic nitrogens is 3. The van der Waals surface area contributed by atoms with Crippen molar-refractivity contribution in [3.63, 3.8) is 0 Å². The van der Waals surface area contributed by atoms with E-state index in [2.05, 4.69) is 20.4 Å². The lowest BCUT2D eigenvalue weighted by molar-refractivity contribution is 0.0690. The van der Waals surface area contributed by atoms with Crippen molar-refractivity contribution in [2.24, 2.45) is 0 Å². The van der Waals surface area contributed by atoms with Crippen molar-refractivity contribution in [3.8, 4) is 0 Å². The summed E-state index contributed by atoms with van der Waals surface area (Å²) >= 11 is 0. The van der Waals surface area contributed by atoms with Crippen LogP contribution < -0.4 is 5.32 Å². The number of anilines is 1. The summed E-state index contributed by atoms with van der Waals surface area (Å²) in [5, 5.41) is 15.8. The Balaban J connectivity index is 2.22. The second kappa shape index (κ2) is 5.05. The number of hydrogen-bond acceptors (Lipinski definition) is 6. The zero-order chi connectivity index (χ0) is 14.0. The monoisotopic (exact) mass is 262 g/mol. The molecule has 2 heterocycles. The fraction of sp³-hybridized carbons (Fsp3) is 0.333. The Morgan fingerprint density at radius 2 is 2.16 bits per heavy atom. The van der Waals surface area contributed by atoms with E-state index in [0.29, 0.717) is 5.82 Å². The molecule has 0 radical (unpaired) electrons. The molecule has 2 N–H and O–H groups in total. The molecular formula is C12H14N4O3. The molecule has 2 aromatic rings. The smallest absolute Gasteiger partial charge is 0.356 e. The van der Waals surface area contributed by atoms with E-state index in [9.17, 15) is 4.79 Å². The van der Waals surface area contributed by atoms with Crippen molar-refractivity contribution < 1.29 is 14.4 Å². The molecule has 7 heteroatoms. The highest BCUT2D eigenvalue weighted by molar-refractivity contribution is 5.85. The van der Waals surface area contributed by atoms with Crippen LogP contribution >= 0.6 is 0 Å². The Hall–Kier alpha value is -2.44. The second-order valence-electron chi connectivity index (χ2n) is 4.20. The molecule has 0 saturated carbocycles. The van der Waals surface area contributed by atoms with Gasteiger partial charge in [-0.1, -0.05) is 5.16 Å². The summed E-state index contributed by atoms with van der Waals surface area (Å²) in [5.74, 6) is 0.00777. The van der Waals surface area contributed by atoms with Crippen LogP contribution in [-0.4, -0.2) is 26.2 Å². The van der Waals surface area contributed by atoms with Crippen LogP contribution in [0.15, 0.2) is 16.9 Å². The third-order valence-electron chi connectivity index (χ3n) is 2.74. The van der Waals surface area contributed by atoms with Gasteiger partial charge in [-0.3, -0.25) is 4.98 Å². The van der Waals surface area contributed by atoms with Gasteiger partial charge < -0.3 is 14.9 Å². The molecule has 1 atom stereocenters. The Morgan fingerprint density at radius 3 is 2.74 bits per heavy atom. The summed E-state index contributed by atoms with van der Waals surface area (Å²) < 4.78 is 5.10. The quantitative estimate of drug-likeness (QED) is 0.868. The maximum Gasteiger partial charge on any atom is 0.356 e. The minimum absolute atomic E-state index is 0.101. The summed E-state index contributed by atoms with van der Waals surface area (Å²) in [6.45, 7) is 5.60. The van der Waals surface area contributed by atoms with E-state index in [4.69, 9.17) is 9.63 Å². The largest absolute Gasteiger partial charge is 0.476 e. The number of aryl methyl sites for hydroxylation is 2. The Morgan fingerprint density at radius 1 is 1.42 bits per heavy atom. The summed E-state index contributed by atoms with van der Waals surface area (Å²) in [5.41, 5.74) is 1.62. The molecule has 7 nitrogen and oxygen atoms in total. The van der Waals surface area contributed by atoms with Gasteiger partial charge in [0.05, 0.1) is 24.1 Å². The van der Waals surface area contributed by atoms with Gasteiger partial charge in [-0.15, -0.1) is 0 Å². The van der Waals surface area contributed by atoms with Crippen molar-refractivity contribution in [3.05, 3.63) is 35.1 Å². The number of nitrogens with zero attached hydrogens (tertiary/aromatic N) is 3. The van der Waals surface area contributed by atoms with E-state index in [0.717, 1.165) is 17.0 Å². The molecule has 0 spiro atoms. The van der Waals surface area contributed by atoms with Gasteiger partial charge in [0.2, 0.25) is 0 Å². The van der Waals surface area contributed by atoms with Crippen molar-refractivity contribution in [2.75, 3.05) is 5.32 Å². The average Bonchev–Trinajstić information content (AvgIpc) is 2.69. The first-order valence-corrected chi connectivity index (χ1v) is 5.73. The Labute approximate surface area is 109 Å². The van der Waals surface area contributed by atoms with E-state index in [1.165, 1.54) is 12.4 Å². The number of rotatable bonds is 4. The summed E-state index contributed by atoms with van der Waals surface area (Å²) in [4.78, 5) is 18.6. The molecule has 0 saturated heterocycles. The van der Waals surface area contributed by atoms with E-state index in [1.807, 2.05) is 20.8 Å². The maximum atomic E-state index is 10.8. The highest BCUT2D eigenvalue weighted by Gasteiger charge is 2.17. The standard InChI is InChI=1S/C12H14N4O3/c1-6(11-7(2)16-19-8(11)3)14-10-5-13-4-9(15-10)12(17)18/h4-6H,1-3H3,(H,14,15)(H,17,18). The SMILES string of the molecule is Cc1noc(C)c1C(C)Nc1cncc(C(=O)O)n1. The molecule has 0 amide bonds. The Kier molecular flexibility index (Phi) is 3.46.